The number of hydrogen-bond donors (Lipinski definition) is 0. The second kappa shape index (κ2) is 9.62. The summed E-state index contributed by atoms with van der Waals surface area (Å²) >= 11 is -1.90. The summed E-state index contributed by atoms with van der Waals surface area (Å²) in [5, 5.41) is -0.199. The molecule has 0 fully saturated rings. The zero-order valence-electron chi connectivity index (χ0n) is 8.78. The maximum Gasteiger partial charge on any atom is 0.0188 e. The Hall–Kier alpha value is 0.0700. The summed E-state index contributed by atoms with van der Waals surface area (Å²) in [7, 11) is 0. The molecule has 0 saturated carbocycles. The molecule has 0 aromatic heterocycles. The molecule has 88 valence electrons. The molecule has 3 nitrogen and oxygen atoms in total. The molecule has 0 spiro atoms. The van der Waals surface area contributed by atoms with E-state index in [1.807, 2.05) is 0 Å². The van der Waals surface area contributed by atoms with E-state index in [4.69, 9.17) is 0 Å². The Labute approximate surface area is 91.2 Å². The fourth-order valence-corrected chi connectivity index (χ4v) is 1.60. The molecular weight excluding hydrogens is 198 g/mol. The van der Waals surface area contributed by atoms with E-state index < -0.39 is 11.1 Å². The molecule has 0 rings (SSSR count). The van der Waals surface area contributed by atoms with Gasteiger partial charge in [0.15, 0.2) is 0 Å². The Morgan fingerprint density at radius 3 is 2.21 bits per heavy atom. The highest BCUT2D eigenvalue weighted by molar-refractivity contribution is 7.79. The molecule has 2 atom stereocenters. The predicted molar refractivity (Wildman–Crippen MR) is 62.1 cm³/mol. The van der Waals surface area contributed by atoms with Gasteiger partial charge in [-0.05, 0) is 32.5 Å². The normalized spacial score (nSPS) is 14.9. The van der Waals surface area contributed by atoms with Crippen LogP contribution in [0.1, 0.15) is 41.0 Å². The number of hydrogen-bond acceptors (Lipinski definition) is 3. The highest BCUT2D eigenvalue weighted by atomic mass is 32.2. The van der Waals surface area contributed by atoms with Gasteiger partial charge in [-0.25, -0.2) is 0 Å². The Morgan fingerprint density at radius 2 is 1.86 bits per heavy atom. The SMILES string of the molecule is C.CCN(CC)CCCC(C)S(=O)[O-]. The largest absolute Gasteiger partial charge is 0.772 e. The van der Waals surface area contributed by atoms with Gasteiger partial charge in [-0.15, -0.1) is 0 Å². The summed E-state index contributed by atoms with van der Waals surface area (Å²) in [5.41, 5.74) is 0. The van der Waals surface area contributed by atoms with Gasteiger partial charge in [0.1, 0.15) is 0 Å². The van der Waals surface area contributed by atoms with Crippen LogP contribution >= 0.6 is 0 Å². The first-order chi connectivity index (χ1) is 6.11. The zero-order chi connectivity index (χ0) is 10.3. The molecule has 0 aliphatic heterocycles. The first-order valence-corrected chi connectivity index (χ1v) is 6.06. The van der Waals surface area contributed by atoms with Crippen LogP contribution in [0.25, 0.3) is 0 Å². The van der Waals surface area contributed by atoms with Crippen LogP contribution < -0.4 is 0 Å². The molecule has 4 heteroatoms. The maximum absolute atomic E-state index is 10.5. The van der Waals surface area contributed by atoms with Crippen molar-refractivity contribution in [2.45, 2.75) is 46.3 Å². The van der Waals surface area contributed by atoms with E-state index in [9.17, 15) is 8.76 Å². The van der Waals surface area contributed by atoms with Crippen molar-refractivity contribution in [3.05, 3.63) is 0 Å². The van der Waals surface area contributed by atoms with E-state index in [1.165, 1.54) is 0 Å². The minimum Gasteiger partial charge on any atom is -0.772 e. The third-order valence-corrected chi connectivity index (χ3v) is 3.20. The molecule has 0 heterocycles. The van der Waals surface area contributed by atoms with Crippen LogP contribution in [-0.4, -0.2) is 38.5 Å². The van der Waals surface area contributed by atoms with Crippen molar-refractivity contribution in [2.75, 3.05) is 19.6 Å². The smallest absolute Gasteiger partial charge is 0.0188 e. The highest BCUT2D eigenvalue weighted by Crippen LogP contribution is 2.03. The molecule has 0 aromatic rings. The molecule has 0 N–H and O–H groups in total. The Kier molecular flexibility index (Phi) is 11.3. The number of nitrogens with zero attached hydrogens (tertiary/aromatic N) is 1. The van der Waals surface area contributed by atoms with Crippen LogP contribution in [0.5, 0.6) is 0 Å². The second-order valence-corrected chi connectivity index (χ2v) is 4.57. The van der Waals surface area contributed by atoms with E-state index in [-0.39, 0.29) is 12.7 Å². The summed E-state index contributed by atoms with van der Waals surface area (Å²) in [6, 6.07) is 0. The standard InChI is InChI=1S/C9H21NO2S.CH4/c1-4-10(5-2)8-6-7-9(3)13(11)12;/h9H,4-8H2,1-3H3,(H,11,12);1H4/p-1. The van der Waals surface area contributed by atoms with Crippen molar-refractivity contribution >= 4 is 11.1 Å². The molecule has 0 aromatic carbocycles. The van der Waals surface area contributed by atoms with Crippen molar-refractivity contribution in [3.8, 4) is 0 Å². The lowest BCUT2D eigenvalue weighted by Gasteiger charge is -2.20. The van der Waals surface area contributed by atoms with Gasteiger partial charge in [-0.2, -0.15) is 0 Å². The maximum atomic E-state index is 10.5. The van der Waals surface area contributed by atoms with Gasteiger partial charge in [0.25, 0.3) is 0 Å². The van der Waals surface area contributed by atoms with Crippen molar-refractivity contribution in [1.29, 1.82) is 0 Å². The molecule has 14 heavy (non-hydrogen) atoms. The average molecular weight is 222 g/mol. The van der Waals surface area contributed by atoms with Crippen LogP contribution in [-0.2, 0) is 11.1 Å². The van der Waals surface area contributed by atoms with E-state index >= 15 is 0 Å². The van der Waals surface area contributed by atoms with Crippen molar-refractivity contribution < 1.29 is 8.76 Å². The molecule has 0 bridgehead atoms. The Morgan fingerprint density at radius 1 is 1.36 bits per heavy atom. The molecule has 2 unspecified atom stereocenters. The lowest BCUT2D eigenvalue weighted by molar-refractivity contribution is 0.296. The summed E-state index contributed by atoms with van der Waals surface area (Å²) < 4.78 is 21.0. The molecular formula is C10H24NO2S-. The van der Waals surface area contributed by atoms with Crippen LogP contribution in [0.4, 0.5) is 0 Å². The summed E-state index contributed by atoms with van der Waals surface area (Å²) in [5.74, 6) is 0. The lowest BCUT2D eigenvalue weighted by atomic mass is 10.2. The first-order valence-electron chi connectivity index (χ1n) is 4.92. The van der Waals surface area contributed by atoms with Gasteiger partial charge in [-0.3, -0.25) is 4.21 Å². The molecule has 0 aliphatic carbocycles. The molecule has 0 saturated heterocycles. The monoisotopic (exact) mass is 222 g/mol. The Balaban J connectivity index is 0. The van der Waals surface area contributed by atoms with Gasteiger partial charge >= 0.3 is 0 Å². The topological polar surface area (TPSA) is 43.4 Å². The van der Waals surface area contributed by atoms with Gasteiger partial charge in [-0.1, -0.05) is 39.3 Å². The quantitative estimate of drug-likeness (QED) is 0.619. The Bertz CT molecular complexity index is 149. The van der Waals surface area contributed by atoms with Gasteiger partial charge in [0.2, 0.25) is 0 Å². The number of rotatable bonds is 7. The van der Waals surface area contributed by atoms with Gasteiger partial charge in [0, 0.05) is 5.25 Å². The van der Waals surface area contributed by atoms with E-state index in [0.717, 1.165) is 32.5 Å². The minimum absolute atomic E-state index is 0. The minimum atomic E-state index is -1.90. The van der Waals surface area contributed by atoms with Crippen molar-refractivity contribution in [1.82, 2.24) is 4.90 Å². The molecule has 0 aliphatic rings. The fourth-order valence-electron chi connectivity index (χ4n) is 1.24. The van der Waals surface area contributed by atoms with E-state index in [1.54, 1.807) is 6.92 Å². The van der Waals surface area contributed by atoms with Gasteiger partial charge < -0.3 is 9.45 Å². The zero-order valence-corrected chi connectivity index (χ0v) is 9.60. The first kappa shape index (κ1) is 16.5. The van der Waals surface area contributed by atoms with Crippen LogP contribution in [0, 0.1) is 0 Å². The highest BCUT2D eigenvalue weighted by Gasteiger charge is 2.03. The lowest BCUT2D eigenvalue weighted by Crippen LogP contribution is -2.25. The van der Waals surface area contributed by atoms with Crippen molar-refractivity contribution in [3.63, 3.8) is 0 Å². The van der Waals surface area contributed by atoms with E-state index in [0.29, 0.717) is 0 Å². The van der Waals surface area contributed by atoms with Crippen LogP contribution in [0.2, 0.25) is 0 Å². The third kappa shape index (κ3) is 7.47. The van der Waals surface area contributed by atoms with Crippen LogP contribution in [0.15, 0.2) is 0 Å². The second-order valence-electron chi connectivity index (χ2n) is 3.24. The predicted octanol–water partition coefficient (Wildman–Crippen LogP) is 2.01. The molecule has 0 amide bonds. The fraction of sp³-hybridized carbons (Fsp3) is 1.00. The molecule has 0 radical (unpaired) electrons. The average Bonchev–Trinajstić information content (AvgIpc) is 2.12. The van der Waals surface area contributed by atoms with Crippen LogP contribution in [0.3, 0.4) is 0 Å². The van der Waals surface area contributed by atoms with E-state index in [2.05, 4.69) is 18.7 Å². The summed E-state index contributed by atoms with van der Waals surface area (Å²) in [6.45, 7) is 9.11. The summed E-state index contributed by atoms with van der Waals surface area (Å²) in [4.78, 5) is 2.31. The third-order valence-electron chi connectivity index (χ3n) is 2.31. The van der Waals surface area contributed by atoms with Crippen molar-refractivity contribution in [2.24, 2.45) is 0 Å². The van der Waals surface area contributed by atoms with Gasteiger partial charge in [0.05, 0.1) is 0 Å². The summed E-state index contributed by atoms with van der Waals surface area (Å²) in [6.07, 6.45) is 1.74.